The quantitative estimate of drug-likeness (QED) is 0.924. The number of pyridine rings is 1. The van der Waals surface area contributed by atoms with Crippen molar-refractivity contribution in [3.8, 4) is 0 Å². The molecule has 2 heterocycles. The number of hydrogen-bond acceptors (Lipinski definition) is 3. The van der Waals surface area contributed by atoms with Gasteiger partial charge in [-0.1, -0.05) is 0 Å². The molecule has 2 rings (SSSR count). The van der Waals surface area contributed by atoms with Gasteiger partial charge in [-0.15, -0.1) is 11.3 Å². The number of aromatic nitrogens is 1. The highest BCUT2D eigenvalue weighted by Gasteiger charge is 2.13. The van der Waals surface area contributed by atoms with E-state index >= 15 is 0 Å². The minimum Gasteiger partial charge on any atom is -0.319 e. The van der Waals surface area contributed by atoms with Crippen molar-refractivity contribution in [2.45, 2.75) is 0 Å². The van der Waals surface area contributed by atoms with Crippen LogP contribution in [0.25, 0.3) is 0 Å². The number of rotatable bonds is 2. The fourth-order valence-corrected chi connectivity index (χ4v) is 2.56. The first-order valence-corrected chi connectivity index (χ1v) is 5.99. The van der Waals surface area contributed by atoms with Crippen molar-refractivity contribution in [2.24, 2.45) is 0 Å². The lowest BCUT2D eigenvalue weighted by Crippen LogP contribution is -2.11. The number of carbonyl (C=O) groups excluding carboxylic acids is 1. The van der Waals surface area contributed by atoms with Gasteiger partial charge in [-0.2, -0.15) is 0 Å². The predicted octanol–water partition coefficient (Wildman–Crippen LogP) is 3.30. The molecule has 0 spiro atoms. The number of nitrogens with one attached hydrogen (secondary N) is 1. The van der Waals surface area contributed by atoms with Crippen molar-refractivity contribution in [1.29, 1.82) is 0 Å². The summed E-state index contributed by atoms with van der Waals surface area (Å²) in [4.78, 5) is 15.8. The zero-order chi connectivity index (χ0) is 11.5. The maximum absolute atomic E-state index is 13.2. The lowest BCUT2D eigenvalue weighted by atomic mass is 10.3. The third kappa shape index (κ3) is 2.28. The molecule has 0 fully saturated rings. The summed E-state index contributed by atoms with van der Waals surface area (Å²) in [6.45, 7) is 0. The Morgan fingerprint density at radius 3 is 2.94 bits per heavy atom. The number of halogens is 2. The molecule has 0 aliphatic carbocycles. The van der Waals surface area contributed by atoms with Gasteiger partial charge in [0.1, 0.15) is 4.88 Å². The van der Waals surface area contributed by atoms with Gasteiger partial charge >= 0.3 is 0 Å². The Morgan fingerprint density at radius 1 is 1.50 bits per heavy atom. The molecule has 0 aromatic carbocycles. The SMILES string of the molecule is O=C(Nc1ccncc1F)c1sccc1Br. The van der Waals surface area contributed by atoms with E-state index in [1.807, 2.05) is 0 Å². The fourth-order valence-electron chi connectivity index (χ4n) is 1.11. The number of anilines is 1. The van der Waals surface area contributed by atoms with Crippen molar-refractivity contribution < 1.29 is 9.18 Å². The molecule has 6 heteroatoms. The van der Waals surface area contributed by atoms with Gasteiger partial charge in [0.05, 0.1) is 11.9 Å². The average molecular weight is 301 g/mol. The molecule has 1 amide bonds. The Kier molecular flexibility index (Phi) is 3.31. The first-order chi connectivity index (χ1) is 7.68. The summed E-state index contributed by atoms with van der Waals surface area (Å²) >= 11 is 4.53. The first kappa shape index (κ1) is 11.2. The van der Waals surface area contributed by atoms with Gasteiger partial charge in [-0.05, 0) is 33.4 Å². The van der Waals surface area contributed by atoms with E-state index in [1.54, 1.807) is 11.4 Å². The van der Waals surface area contributed by atoms with Gasteiger partial charge in [-0.3, -0.25) is 9.78 Å². The Hall–Kier alpha value is -1.27. The Bertz CT molecular complexity index is 529. The molecule has 3 nitrogen and oxygen atoms in total. The molecular weight excluding hydrogens is 295 g/mol. The molecule has 0 radical (unpaired) electrons. The minimum atomic E-state index is -0.552. The molecule has 0 saturated heterocycles. The van der Waals surface area contributed by atoms with Crippen molar-refractivity contribution in [3.05, 3.63) is 45.1 Å². The number of hydrogen-bond donors (Lipinski definition) is 1. The smallest absolute Gasteiger partial charge is 0.266 e. The highest BCUT2D eigenvalue weighted by Crippen LogP contribution is 2.24. The highest BCUT2D eigenvalue weighted by atomic mass is 79.9. The van der Waals surface area contributed by atoms with E-state index in [9.17, 15) is 9.18 Å². The summed E-state index contributed by atoms with van der Waals surface area (Å²) in [7, 11) is 0. The molecule has 1 N–H and O–H groups in total. The van der Waals surface area contributed by atoms with Crippen LogP contribution >= 0.6 is 27.3 Å². The van der Waals surface area contributed by atoms with Crippen LogP contribution in [0, 0.1) is 5.82 Å². The second kappa shape index (κ2) is 4.71. The third-order valence-electron chi connectivity index (χ3n) is 1.84. The van der Waals surface area contributed by atoms with Crippen LogP contribution in [-0.4, -0.2) is 10.9 Å². The van der Waals surface area contributed by atoms with Gasteiger partial charge in [0.25, 0.3) is 5.91 Å². The summed E-state index contributed by atoms with van der Waals surface area (Å²) in [5.41, 5.74) is 0.125. The molecule has 82 valence electrons. The molecule has 2 aromatic rings. The minimum absolute atomic E-state index is 0.125. The van der Waals surface area contributed by atoms with Crippen molar-refractivity contribution in [3.63, 3.8) is 0 Å². The summed E-state index contributed by atoms with van der Waals surface area (Å²) in [6.07, 6.45) is 2.47. The molecule has 0 aliphatic rings. The average Bonchev–Trinajstić information content (AvgIpc) is 2.68. The second-order valence-electron chi connectivity index (χ2n) is 2.91. The maximum atomic E-state index is 13.2. The molecule has 2 aromatic heterocycles. The molecule has 0 bridgehead atoms. The lowest BCUT2D eigenvalue weighted by molar-refractivity contribution is 0.102. The largest absolute Gasteiger partial charge is 0.319 e. The Balaban J connectivity index is 2.21. The second-order valence-corrected chi connectivity index (χ2v) is 4.68. The third-order valence-corrected chi connectivity index (χ3v) is 3.68. The van der Waals surface area contributed by atoms with Gasteiger partial charge in [0, 0.05) is 10.7 Å². The monoisotopic (exact) mass is 300 g/mol. The van der Waals surface area contributed by atoms with E-state index < -0.39 is 5.82 Å². The van der Waals surface area contributed by atoms with Gasteiger partial charge in [0.15, 0.2) is 5.82 Å². The molecule has 0 saturated carbocycles. The fraction of sp³-hybridized carbons (Fsp3) is 0. The Morgan fingerprint density at radius 2 is 2.31 bits per heavy atom. The van der Waals surface area contributed by atoms with Crippen molar-refractivity contribution >= 4 is 38.9 Å². The number of nitrogens with zero attached hydrogens (tertiary/aromatic N) is 1. The van der Waals surface area contributed by atoms with Crippen LogP contribution in [0.5, 0.6) is 0 Å². The number of thiophene rings is 1. The van der Waals surface area contributed by atoms with Crippen LogP contribution in [0.2, 0.25) is 0 Å². The van der Waals surface area contributed by atoms with E-state index in [2.05, 4.69) is 26.2 Å². The number of carbonyl (C=O) groups is 1. The van der Waals surface area contributed by atoms with E-state index in [-0.39, 0.29) is 11.6 Å². The molecular formula is C10H6BrFN2OS. The summed E-state index contributed by atoms with van der Waals surface area (Å²) in [5, 5.41) is 4.26. The van der Waals surface area contributed by atoms with Crippen LogP contribution < -0.4 is 5.32 Å². The summed E-state index contributed by atoms with van der Waals surface area (Å²) < 4.78 is 13.9. The van der Waals surface area contributed by atoms with Crippen LogP contribution in [0.15, 0.2) is 34.4 Å². The standard InChI is InChI=1S/C10H6BrFN2OS/c11-6-2-4-16-9(6)10(15)14-8-1-3-13-5-7(8)12/h1-5H,(H,13,14,15). The van der Waals surface area contributed by atoms with Gasteiger partial charge < -0.3 is 5.32 Å². The van der Waals surface area contributed by atoms with Crippen LogP contribution in [-0.2, 0) is 0 Å². The normalized spacial score (nSPS) is 10.1. The van der Waals surface area contributed by atoms with Crippen LogP contribution in [0.3, 0.4) is 0 Å². The maximum Gasteiger partial charge on any atom is 0.266 e. The van der Waals surface area contributed by atoms with Crippen molar-refractivity contribution in [2.75, 3.05) is 5.32 Å². The zero-order valence-electron chi connectivity index (χ0n) is 7.91. The molecule has 0 unspecified atom stereocenters. The van der Waals surface area contributed by atoms with Crippen LogP contribution in [0.1, 0.15) is 9.67 Å². The highest BCUT2D eigenvalue weighted by molar-refractivity contribution is 9.10. The lowest BCUT2D eigenvalue weighted by Gasteiger charge is -2.04. The summed E-state index contributed by atoms with van der Waals surface area (Å²) in [5.74, 6) is -0.893. The first-order valence-electron chi connectivity index (χ1n) is 4.32. The van der Waals surface area contributed by atoms with E-state index in [0.29, 0.717) is 9.35 Å². The van der Waals surface area contributed by atoms with E-state index in [0.717, 1.165) is 6.20 Å². The van der Waals surface area contributed by atoms with E-state index in [1.165, 1.54) is 23.6 Å². The van der Waals surface area contributed by atoms with Gasteiger partial charge in [-0.25, -0.2) is 4.39 Å². The van der Waals surface area contributed by atoms with E-state index in [4.69, 9.17) is 0 Å². The van der Waals surface area contributed by atoms with Crippen molar-refractivity contribution in [1.82, 2.24) is 4.98 Å². The molecule has 0 aliphatic heterocycles. The number of amides is 1. The van der Waals surface area contributed by atoms with Crippen LogP contribution in [0.4, 0.5) is 10.1 Å². The molecule has 16 heavy (non-hydrogen) atoms. The molecule has 0 atom stereocenters. The zero-order valence-corrected chi connectivity index (χ0v) is 10.3. The summed E-state index contributed by atoms with van der Waals surface area (Å²) in [6, 6.07) is 3.18. The predicted molar refractivity (Wildman–Crippen MR) is 64.2 cm³/mol. The van der Waals surface area contributed by atoms with Gasteiger partial charge in [0.2, 0.25) is 0 Å². The Labute approximate surface area is 103 Å². The topological polar surface area (TPSA) is 42.0 Å².